The maximum absolute atomic E-state index is 13.3. The summed E-state index contributed by atoms with van der Waals surface area (Å²) in [6, 6.07) is 12.9. The Morgan fingerprint density at radius 2 is 1.44 bits per heavy atom. The van der Waals surface area contributed by atoms with Gasteiger partial charge in [0, 0.05) is 44.5 Å². The second kappa shape index (κ2) is 11.7. The highest BCUT2D eigenvalue weighted by molar-refractivity contribution is 5.99. The van der Waals surface area contributed by atoms with Crippen molar-refractivity contribution in [1.82, 2.24) is 9.80 Å². The molecular formula is C30H33F3N2O4. The molecule has 2 aliphatic heterocycles. The molecule has 1 unspecified atom stereocenters. The van der Waals surface area contributed by atoms with Crippen molar-refractivity contribution in [2.45, 2.75) is 38.3 Å². The van der Waals surface area contributed by atoms with Gasteiger partial charge in [-0.3, -0.25) is 0 Å². The van der Waals surface area contributed by atoms with Crippen molar-refractivity contribution in [3.8, 4) is 0 Å². The Labute approximate surface area is 226 Å². The van der Waals surface area contributed by atoms with Crippen molar-refractivity contribution in [3.05, 3.63) is 93.3 Å². The molecule has 0 aromatic heterocycles. The number of halogens is 3. The molecule has 6 nitrogen and oxygen atoms in total. The zero-order chi connectivity index (χ0) is 28.3. The minimum atomic E-state index is -4.51. The fraction of sp³-hybridized carbons (Fsp3) is 0.400. The lowest BCUT2D eigenvalue weighted by molar-refractivity contribution is -0.138. The van der Waals surface area contributed by atoms with Gasteiger partial charge < -0.3 is 19.3 Å². The highest BCUT2D eigenvalue weighted by Crippen LogP contribution is 2.44. The van der Waals surface area contributed by atoms with E-state index in [0.717, 1.165) is 38.1 Å². The minimum Gasteiger partial charge on any atom is -0.466 e. The molecule has 39 heavy (non-hydrogen) atoms. The summed E-state index contributed by atoms with van der Waals surface area (Å²) in [5.41, 5.74) is 3.89. The Bertz CT molecular complexity index is 1270. The summed E-state index contributed by atoms with van der Waals surface area (Å²) in [5, 5.41) is 0. The van der Waals surface area contributed by atoms with Crippen molar-refractivity contribution in [2.75, 3.05) is 40.9 Å². The van der Waals surface area contributed by atoms with Crippen LogP contribution in [-0.4, -0.2) is 62.6 Å². The number of methoxy groups -OCH3 is 2. The van der Waals surface area contributed by atoms with Crippen LogP contribution < -0.4 is 0 Å². The van der Waals surface area contributed by atoms with E-state index in [1.165, 1.54) is 37.5 Å². The van der Waals surface area contributed by atoms with Crippen molar-refractivity contribution in [1.29, 1.82) is 0 Å². The smallest absolute Gasteiger partial charge is 0.416 e. The fourth-order valence-electron chi connectivity index (χ4n) is 5.51. The van der Waals surface area contributed by atoms with Crippen LogP contribution >= 0.6 is 0 Å². The number of hydrogen-bond acceptors (Lipinski definition) is 6. The van der Waals surface area contributed by atoms with Gasteiger partial charge in [-0.1, -0.05) is 36.4 Å². The number of carbonyl (C=O) groups excluding carboxylic acids is 2. The van der Waals surface area contributed by atoms with E-state index in [9.17, 15) is 22.8 Å². The van der Waals surface area contributed by atoms with Crippen LogP contribution in [0.15, 0.2) is 71.1 Å². The standard InChI is InChI=1S/C30H33F3N2O4/c1-19-25(28(36)38-3)26(22-9-11-23(12-10-22)30(31,32)33)27(29(37)39-4)24(34(19)2)15-18-35-16-13-20-7-5-6-8-21(20)14-17-35/h5-12,26H,13-18H2,1-4H3. The monoisotopic (exact) mass is 542 g/mol. The van der Waals surface area contributed by atoms with Gasteiger partial charge in [-0.2, -0.15) is 13.2 Å². The third-order valence-corrected chi connectivity index (χ3v) is 7.75. The van der Waals surface area contributed by atoms with Crippen LogP contribution in [0.5, 0.6) is 0 Å². The van der Waals surface area contributed by atoms with E-state index in [4.69, 9.17) is 9.47 Å². The van der Waals surface area contributed by atoms with Crippen LogP contribution in [0, 0.1) is 0 Å². The van der Waals surface area contributed by atoms with Gasteiger partial charge in [0.2, 0.25) is 0 Å². The third-order valence-electron chi connectivity index (χ3n) is 7.75. The van der Waals surface area contributed by atoms with E-state index in [1.807, 2.05) is 12.1 Å². The van der Waals surface area contributed by atoms with Crippen molar-refractivity contribution < 1.29 is 32.2 Å². The molecule has 0 spiro atoms. The van der Waals surface area contributed by atoms with E-state index in [0.29, 0.717) is 29.9 Å². The molecule has 208 valence electrons. The molecule has 0 N–H and O–H groups in total. The Balaban J connectivity index is 1.72. The van der Waals surface area contributed by atoms with Gasteiger partial charge in [0.15, 0.2) is 0 Å². The summed E-state index contributed by atoms with van der Waals surface area (Å²) >= 11 is 0. The van der Waals surface area contributed by atoms with E-state index < -0.39 is 29.6 Å². The first-order valence-corrected chi connectivity index (χ1v) is 12.9. The Morgan fingerprint density at radius 1 is 0.897 bits per heavy atom. The lowest BCUT2D eigenvalue weighted by atomic mass is 9.79. The predicted octanol–water partition coefficient (Wildman–Crippen LogP) is 5.10. The molecule has 2 aromatic carbocycles. The normalized spacial score (nSPS) is 18.5. The Hall–Kier alpha value is -3.59. The summed E-state index contributed by atoms with van der Waals surface area (Å²) in [6.45, 7) is 4.15. The number of ether oxygens (including phenoxy) is 2. The summed E-state index contributed by atoms with van der Waals surface area (Å²) in [4.78, 5) is 30.4. The first-order valence-electron chi connectivity index (χ1n) is 12.9. The Morgan fingerprint density at radius 3 is 1.95 bits per heavy atom. The molecule has 0 fully saturated rings. The lowest BCUT2D eigenvalue weighted by Gasteiger charge is -2.37. The van der Waals surface area contributed by atoms with Gasteiger partial charge in [-0.15, -0.1) is 0 Å². The first kappa shape index (κ1) is 28.4. The predicted molar refractivity (Wildman–Crippen MR) is 141 cm³/mol. The first-order chi connectivity index (χ1) is 18.6. The zero-order valence-corrected chi connectivity index (χ0v) is 22.6. The lowest BCUT2D eigenvalue weighted by Crippen LogP contribution is -2.36. The second-order valence-electron chi connectivity index (χ2n) is 9.81. The molecule has 9 heteroatoms. The summed E-state index contributed by atoms with van der Waals surface area (Å²) in [5.74, 6) is -2.24. The molecule has 0 aliphatic carbocycles. The van der Waals surface area contributed by atoms with Gasteiger partial charge in [0.1, 0.15) is 0 Å². The quantitative estimate of drug-likeness (QED) is 0.474. The van der Waals surface area contributed by atoms with Crippen molar-refractivity contribution >= 4 is 11.9 Å². The fourth-order valence-corrected chi connectivity index (χ4v) is 5.51. The van der Waals surface area contributed by atoms with E-state index >= 15 is 0 Å². The topological polar surface area (TPSA) is 59.1 Å². The SMILES string of the molecule is COC(=O)C1=C(C)N(C)C(CCN2CCc3ccccc3CC2)=C(C(=O)OC)C1c1ccc(C(F)(F)F)cc1. The van der Waals surface area contributed by atoms with Gasteiger partial charge >= 0.3 is 18.1 Å². The maximum atomic E-state index is 13.3. The van der Waals surface area contributed by atoms with Gasteiger partial charge in [-0.25, -0.2) is 9.59 Å². The number of esters is 2. The molecular weight excluding hydrogens is 509 g/mol. The average molecular weight is 543 g/mol. The van der Waals surface area contributed by atoms with Crippen LogP contribution in [0.2, 0.25) is 0 Å². The molecule has 0 radical (unpaired) electrons. The Kier molecular flexibility index (Phi) is 8.49. The second-order valence-corrected chi connectivity index (χ2v) is 9.81. The van der Waals surface area contributed by atoms with Gasteiger partial charge in [0.05, 0.1) is 36.8 Å². The van der Waals surface area contributed by atoms with Crippen LogP contribution in [0.25, 0.3) is 0 Å². The van der Waals surface area contributed by atoms with E-state index in [2.05, 4.69) is 17.0 Å². The number of allylic oxidation sites excluding steroid dienone is 1. The van der Waals surface area contributed by atoms with E-state index in [-0.39, 0.29) is 11.1 Å². The summed E-state index contributed by atoms with van der Waals surface area (Å²) < 4.78 is 50.0. The highest BCUT2D eigenvalue weighted by Gasteiger charge is 2.41. The van der Waals surface area contributed by atoms with Crippen LogP contribution in [0.4, 0.5) is 13.2 Å². The van der Waals surface area contributed by atoms with E-state index in [1.54, 1.807) is 18.9 Å². The largest absolute Gasteiger partial charge is 0.466 e. The molecule has 2 aromatic rings. The molecule has 0 bridgehead atoms. The van der Waals surface area contributed by atoms with Gasteiger partial charge in [0.25, 0.3) is 0 Å². The minimum absolute atomic E-state index is 0.189. The molecule has 0 amide bonds. The number of hydrogen-bond donors (Lipinski definition) is 0. The van der Waals surface area contributed by atoms with Crippen LogP contribution in [-0.2, 0) is 38.1 Å². The molecule has 0 saturated carbocycles. The van der Waals surface area contributed by atoms with Crippen LogP contribution in [0.3, 0.4) is 0 Å². The molecule has 4 rings (SSSR count). The molecule has 2 heterocycles. The van der Waals surface area contributed by atoms with Crippen molar-refractivity contribution in [2.24, 2.45) is 0 Å². The third kappa shape index (κ3) is 5.88. The van der Waals surface area contributed by atoms with Crippen LogP contribution in [0.1, 0.15) is 41.5 Å². The number of nitrogens with zero attached hydrogens (tertiary/aromatic N) is 2. The number of carbonyl (C=O) groups is 2. The molecule has 0 saturated heterocycles. The number of fused-ring (bicyclic) bond motifs is 1. The summed E-state index contributed by atoms with van der Waals surface area (Å²) in [6.07, 6.45) is -2.18. The highest BCUT2D eigenvalue weighted by atomic mass is 19.4. The van der Waals surface area contributed by atoms with Gasteiger partial charge in [-0.05, 0) is 48.6 Å². The molecule has 2 aliphatic rings. The average Bonchev–Trinajstić information content (AvgIpc) is 3.14. The van der Waals surface area contributed by atoms with Crippen molar-refractivity contribution in [3.63, 3.8) is 0 Å². The zero-order valence-electron chi connectivity index (χ0n) is 22.6. The molecule has 1 atom stereocenters. The maximum Gasteiger partial charge on any atom is 0.416 e. The number of alkyl halides is 3. The number of rotatable bonds is 6. The summed E-state index contributed by atoms with van der Waals surface area (Å²) in [7, 11) is 4.27. The number of benzene rings is 2.